The first-order chi connectivity index (χ1) is 24.2. The predicted molar refractivity (Wildman–Crippen MR) is 182 cm³/mol. The summed E-state index contributed by atoms with van der Waals surface area (Å²) in [6.45, 7) is 8.55. The zero-order valence-electron chi connectivity index (χ0n) is 30.0. The minimum absolute atomic E-state index is 0.0113. The summed E-state index contributed by atoms with van der Waals surface area (Å²) in [5, 5.41) is 10.4. The van der Waals surface area contributed by atoms with Crippen LogP contribution >= 0.6 is 0 Å². The Bertz CT molecular complexity index is 1090. The molecule has 2 rings (SSSR count). The lowest BCUT2D eigenvalue weighted by atomic mass is 10.0. The lowest BCUT2D eigenvalue weighted by Gasteiger charge is -2.35. The summed E-state index contributed by atoms with van der Waals surface area (Å²) in [7, 11) is 3.96. The Morgan fingerprint density at radius 2 is 1.02 bits per heavy atom. The third kappa shape index (κ3) is 18.0. The van der Waals surface area contributed by atoms with Crippen LogP contribution in [0.2, 0.25) is 0 Å². The molecule has 1 atom stereocenters. The van der Waals surface area contributed by atoms with Gasteiger partial charge < -0.3 is 38.3 Å². The number of aliphatic carboxylic acids is 1. The van der Waals surface area contributed by atoms with Gasteiger partial charge in [-0.3, -0.25) is 38.8 Å². The molecule has 1 fully saturated rings. The molecule has 0 aliphatic carbocycles. The first-order valence-corrected chi connectivity index (χ1v) is 17.0. The highest BCUT2D eigenvalue weighted by molar-refractivity contribution is 5.74. The average Bonchev–Trinajstić information content (AvgIpc) is 3.11. The van der Waals surface area contributed by atoms with Gasteiger partial charge in [0.15, 0.2) is 0 Å². The molecular formula is C34H56N4O12. The van der Waals surface area contributed by atoms with Crippen LogP contribution < -0.4 is 4.74 Å². The quantitative estimate of drug-likeness (QED) is 0.102. The van der Waals surface area contributed by atoms with Crippen molar-refractivity contribution in [2.75, 3.05) is 140 Å². The van der Waals surface area contributed by atoms with Crippen LogP contribution in [0.4, 0.5) is 0 Å². The highest BCUT2D eigenvalue weighted by Crippen LogP contribution is 2.16. The molecule has 1 aromatic rings. The van der Waals surface area contributed by atoms with Crippen LogP contribution in [-0.2, 0) is 54.0 Å². The molecule has 1 aliphatic rings. The van der Waals surface area contributed by atoms with Crippen LogP contribution in [0.1, 0.15) is 12.5 Å². The van der Waals surface area contributed by atoms with Crippen LogP contribution in [-0.4, -0.2) is 194 Å². The van der Waals surface area contributed by atoms with E-state index in [1.807, 2.05) is 38.7 Å². The molecule has 0 saturated carbocycles. The Morgan fingerprint density at radius 1 is 0.620 bits per heavy atom. The van der Waals surface area contributed by atoms with Crippen LogP contribution in [0.3, 0.4) is 0 Å². The number of esters is 3. The minimum atomic E-state index is -0.986. The van der Waals surface area contributed by atoms with Crippen molar-refractivity contribution in [1.29, 1.82) is 0 Å². The molecule has 16 nitrogen and oxygen atoms in total. The summed E-state index contributed by atoms with van der Waals surface area (Å²) >= 11 is 0. The summed E-state index contributed by atoms with van der Waals surface area (Å²) in [5.74, 6) is -1.58. The zero-order chi connectivity index (χ0) is 36.6. The first-order valence-electron chi connectivity index (χ1n) is 17.0. The third-order valence-corrected chi connectivity index (χ3v) is 8.14. The second-order valence-electron chi connectivity index (χ2n) is 11.6. The van der Waals surface area contributed by atoms with E-state index in [0.717, 1.165) is 5.56 Å². The second-order valence-corrected chi connectivity index (χ2v) is 11.6. The Kier molecular flexibility index (Phi) is 21.9. The number of nitrogens with zero attached hydrogens (tertiary/aromatic N) is 4. The number of carbonyl (C=O) groups excluding carboxylic acids is 3. The number of rotatable bonds is 21. The van der Waals surface area contributed by atoms with Crippen molar-refractivity contribution >= 4 is 23.9 Å². The molecule has 0 amide bonds. The van der Waals surface area contributed by atoms with Gasteiger partial charge in [0.1, 0.15) is 18.4 Å². The van der Waals surface area contributed by atoms with Crippen molar-refractivity contribution in [3.63, 3.8) is 0 Å². The van der Waals surface area contributed by atoms with E-state index in [9.17, 15) is 24.3 Å². The predicted octanol–water partition coefficient (Wildman–Crippen LogP) is -0.129. The summed E-state index contributed by atoms with van der Waals surface area (Å²) in [6, 6.07) is 6.41. The fourth-order valence-corrected chi connectivity index (χ4v) is 5.20. The molecule has 0 radical (unpaired) electrons. The first kappa shape index (κ1) is 42.8. The second kappa shape index (κ2) is 25.6. The lowest BCUT2D eigenvalue weighted by Crippen LogP contribution is -2.52. The molecule has 284 valence electrons. The van der Waals surface area contributed by atoms with E-state index < -0.39 is 29.9 Å². The van der Waals surface area contributed by atoms with E-state index in [4.69, 9.17) is 33.2 Å². The van der Waals surface area contributed by atoms with Gasteiger partial charge >= 0.3 is 23.9 Å². The van der Waals surface area contributed by atoms with Gasteiger partial charge in [0, 0.05) is 59.0 Å². The van der Waals surface area contributed by atoms with Gasteiger partial charge in [0.25, 0.3) is 0 Å². The lowest BCUT2D eigenvalue weighted by molar-refractivity contribution is -0.145. The molecule has 50 heavy (non-hydrogen) atoms. The third-order valence-electron chi connectivity index (χ3n) is 8.14. The number of carbonyl (C=O) groups is 4. The summed E-state index contributed by atoms with van der Waals surface area (Å²) in [4.78, 5) is 56.9. The molecule has 1 aromatic carbocycles. The fourth-order valence-electron chi connectivity index (χ4n) is 5.20. The average molecular weight is 713 g/mol. The Labute approximate surface area is 295 Å². The van der Waals surface area contributed by atoms with E-state index in [-0.39, 0.29) is 26.1 Å². The van der Waals surface area contributed by atoms with Crippen LogP contribution in [0.5, 0.6) is 5.75 Å². The number of carboxylic acid groups (broad SMARTS) is 1. The Balaban J connectivity index is 2.09. The molecule has 0 aromatic heterocycles. The summed E-state index contributed by atoms with van der Waals surface area (Å²) < 4.78 is 36.6. The van der Waals surface area contributed by atoms with Gasteiger partial charge in [-0.05, 0) is 31.0 Å². The topological polar surface area (TPSA) is 166 Å². The maximum absolute atomic E-state index is 12.7. The van der Waals surface area contributed by atoms with Crippen molar-refractivity contribution in [2.45, 2.75) is 19.4 Å². The molecule has 1 saturated heterocycles. The maximum atomic E-state index is 12.7. The molecule has 0 bridgehead atoms. The Hall–Kier alpha value is -3.38. The highest BCUT2D eigenvalue weighted by Gasteiger charge is 2.28. The SMILES string of the molecule is CCOCCOCCOCCOc1ccc(CC(C(=O)O)N2CCN(CC(=O)OC)CCN(CC(=O)OC)CCN(CC(=O)OC)CC2)cc1. The van der Waals surface area contributed by atoms with Crippen LogP contribution in [0.25, 0.3) is 0 Å². The van der Waals surface area contributed by atoms with Gasteiger partial charge in [-0.15, -0.1) is 0 Å². The minimum Gasteiger partial charge on any atom is -0.491 e. The van der Waals surface area contributed by atoms with Crippen molar-refractivity contribution in [3.05, 3.63) is 29.8 Å². The van der Waals surface area contributed by atoms with Crippen LogP contribution in [0, 0.1) is 0 Å². The van der Waals surface area contributed by atoms with Gasteiger partial charge in [-0.25, -0.2) is 0 Å². The van der Waals surface area contributed by atoms with Crippen molar-refractivity contribution in [3.8, 4) is 5.75 Å². The maximum Gasteiger partial charge on any atom is 0.321 e. The van der Waals surface area contributed by atoms with E-state index in [0.29, 0.717) is 104 Å². The van der Waals surface area contributed by atoms with Crippen LogP contribution in [0.15, 0.2) is 24.3 Å². The van der Waals surface area contributed by atoms with Gasteiger partial charge in [0.05, 0.1) is 74.0 Å². The van der Waals surface area contributed by atoms with E-state index in [2.05, 4.69) is 0 Å². The largest absolute Gasteiger partial charge is 0.491 e. The van der Waals surface area contributed by atoms with Crippen molar-refractivity contribution in [2.24, 2.45) is 0 Å². The van der Waals surface area contributed by atoms with Gasteiger partial charge in [-0.2, -0.15) is 0 Å². The van der Waals surface area contributed by atoms with E-state index in [1.54, 1.807) is 12.1 Å². The van der Waals surface area contributed by atoms with E-state index >= 15 is 0 Å². The summed E-state index contributed by atoms with van der Waals surface area (Å²) in [5.41, 5.74) is 0.813. The number of ether oxygens (including phenoxy) is 7. The van der Waals surface area contributed by atoms with Crippen molar-refractivity contribution in [1.82, 2.24) is 19.6 Å². The molecule has 1 N–H and O–H groups in total. The zero-order valence-corrected chi connectivity index (χ0v) is 30.0. The number of hydrogen-bond donors (Lipinski definition) is 1. The van der Waals surface area contributed by atoms with Gasteiger partial charge in [-0.1, -0.05) is 12.1 Å². The fraction of sp³-hybridized carbons (Fsp3) is 0.706. The molecule has 16 heteroatoms. The summed E-state index contributed by atoms with van der Waals surface area (Å²) in [6.07, 6.45) is 0.225. The standard InChI is InChI=1S/C34H56N4O12/c1-5-47-18-19-48-20-21-49-22-23-50-29-8-6-28(7-9-29)24-30(34(42)43)38-16-14-36(26-32(40)45-3)12-10-35(25-31(39)44-2)11-13-37(15-17-38)27-33(41)46-4/h6-9,30H,5,10-27H2,1-4H3,(H,42,43). The number of benzene rings is 1. The molecule has 1 unspecified atom stereocenters. The smallest absolute Gasteiger partial charge is 0.321 e. The molecule has 1 heterocycles. The molecule has 0 spiro atoms. The number of carboxylic acids is 1. The number of methoxy groups -OCH3 is 3. The normalized spacial score (nSPS) is 16.5. The van der Waals surface area contributed by atoms with E-state index in [1.165, 1.54) is 21.3 Å². The Morgan fingerprint density at radius 3 is 1.42 bits per heavy atom. The van der Waals surface area contributed by atoms with Gasteiger partial charge in [0.2, 0.25) is 0 Å². The monoisotopic (exact) mass is 712 g/mol. The number of hydrogen-bond acceptors (Lipinski definition) is 15. The molecular weight excluding hydrogens is 656 g/mol. The highest BCUT2D eigenvalue weighted by atomic mass is 16.6. The van der Waals surface area contributed by atoms with Crippen molar-refractivity contribution < 1.29 is 57.4 Å². The molecule has 1 aliphatic heterocycles.